The molecule has 1 aromatic carbocycles. The molecule has 3 heteroatoms. The van der Waals surface area contributed by atoms with Crippen LogP contribution in [0.25, 0.3) is 0 Å². The first-order chi connectivity index (χ1) is 8.49. The zero-order chi connectivity index (χ0) is 13.2. The Kier molecular flexibility index (Phi) is 3.43. The molecule has 0 aliphatic rings. The fraction of sp³-hybridized carbons (Fsp3) is 0.267. The predicted octanol–water partition coefficient (Wildman–Crippen LogP) is 2.98. The van der Waals surface area contributed by atoms with Crippen molar-refractivity contribution < 1.29 is 9.50 Å². The van der Waals surface area contributed by atoms with Crippen molar-refractivity contribution in [3.05, 3.63) is 65.2 Å². The largest absolute Gasteiger partial charge is 0.385 e. The second-order valence-corrected chi connectivity index (χ2v) is 4.77. The highest BCUT2D eigenvalue weighted by atomic mass is 19.1. The first-order valence-corrected chi connectivity index (χ1v) is 5.87. The summed E-state index contributed by atoms with van der Waals surface area (Å²) in [5.41, 5.74) is 1.53. The maximum absolute atomic E-state index is 13.1. The number of hydrogen-bond donors (Lipinski definition) is 1. The molecule has 0 aliphatic carbocycles. The summed E-state index contributed by atoms with van der Waals surface area (Å²) < 4.78 is 13.1. The van der Waals surface area contributed by atoms with Gasteiger partial charge in [-0.3, -0.25) is 4.98 Å². The van der Waals surface area contributed by atoms with Crippen LogP contribution in [-0.4, -0.2) is 10.1 Å². The molecule has 0 aliphatic heterocycles. The van der Waals surface area contributed by atoms with Crippen molar-refractivity contribution in [3.63, 3.8) is 0 Å². The Hall–Kier alpha value is -1.74. The maximum atomic E-state index is 13.1. The van der Waals surface area contributed by atoms with E-state index in [4.69, 9.17) is 0 Å². The standard InChI is InChI=1S/C15H16FNO/c1-11-5-3-4-6-12(11)8-15(2,18)13-7-14(16)10-17-9-13/h3-7,9-10,18H,8H2,1-2H3. The Morgan fingerprint density at radius 3 is 2.67 bits per heavy atom. The lowest BCUT2D eigenvalue weighted by Gasteiger charge is -2.24. The quantitative estimate of drug-likeness (QED) is 0.901. The van der Waals surface area contributed by atoms with Gasteiger partial charge in [-0.15, -0.1) is 0 Å². The van der Waals surface area contributed by atoms with E-state index < -0.39 is 11.4 Å². The number of hydrogen-bond acceptors (Lipinski definition) is 2. The van der Waals surface area contributed by atoms with Crippen molar-refractivity contribution in [1.82, 2.24) is 4.98 Å². The van der Waals surface area contributed by atoms with Crippen LogP contribution in [0.1, 0.15) is 23.6 Å². The summed E-state index contributed by atoms with van der Waals surface area (Å²) in [6, 6.07) is 9.18. The monoisotopic (exact) mass is 245 g/mol. The van der Waals surface area contributed by atoms with Gasteiger partial charge in [0.15, 0.2) is 0 Å². The van der Waals surface area contributed by atoms with Gasteiger partial charge < -0.3 is 5.11 Å². The molecule has 18 heavy (non-hydrogen) atoms. The number of aromatic nitrogens is 1. The first-order valence-electron chi connectivity index (χ1n) is 5.87. The third-order valence-corrected chi connectivity index (χ3v) is 3.12. The van der Waals surface area contributed by atoms with Crippen molar-refractivity contribution in [1.29, 1.82) is 0 Å². The van der Waals surface area contributed by atoms with E-state index in [2.05, 4.69) is 4.98 Å². The van der Waals surface area contributed by atoms with Crippen molar-refractivity contribution in [3.8, 4) is 0 Å². The van der Waals surface area contributed by atoms with Gasteiger partial charge in [-0.1, -0.05) is 24.3 Å². The molecule has 0 spiro atoms. The molecular formula is C15H16FNO. The van der Waals surface area contributed by atoms with E-state index in [0.717, 1.165) is 17.3 Å². The Balaban J connectivity index is 2.30. The SMILES string of the molecule is Cc1ccccc1CC(C)(O)c1cncc(F)c1. The number of benzene rings is 1. The number of aryl methyl sites for hydroxylation is 1. The fourth-order valence-corrected chi connectivity index (χ4v) is 1.99. The van der Waals surface area contributed by atoms with Gasteiger partial charge in [0.05, 0.1) is 11.8 Å². The van der Waals surface area contributed by atoms with Crippen LogP contribution in [0.4, 0.5) is 4.39 Å². The molecule has 0 fully saturated rings. The number of pyridine rings is 1. The average Bonchev–Trinajstić information content (AvgIpc) is 2.32. The lowest BCUT2D eigenvalue weighted by Crippen LogP contribution is -2.25. The molecule has 1 N–H and O–H groups in total. The van der Waals surface area contributed by atoms with Crippen LogP contribution in [-0.2, 0) is 12.0 Å². The van der Waals surface area contributed by atoms with Crippen LogP contribution < -0.4 is 0 Å². The molecule has 2 nitrogen and oxygen atoms in total. The number of nitrogens with zero attached hydrogens (tertiary/aromatic N) is 1. The molecule has 0 saturated heterocycles. The van der Waals surface area contributed by atoms with Gasteiger partial charge in [0.1, 0.15) is 5.82 Å². The number of halogens is 1. The average molecular weight is 245 g/mol. The minimum atomic E-state index is -1.12. The minimum Gasteiger partial charge on any atom is -0.385 e. The van der Waals surface area contributed by atoms with Crippen LogP contribution in [0, 0.1) is 12.7 Å². The molecule has 1 aromatic heterocycles. The summed E-state index contributed by atoms with van der Waals surface area (Å²) in [6.45, 7) is 3.67. The van der Waals surface area contributed by atoms with Gasteiger partial charge in [-0.2, -0.15) is 0 Å². The highest BCUT2D eigenvalue weighted by molar-refractivity contribution is 5.29. The van der Waals surface area contributed by atoms with Gasteiger partial charge in [0.2, 0.25) is 0 Å². The van der Waals surface area contributed by atoms with Gasteiger partial charge >= 0.3 is 0 Å². The molecule has 2 rings (SSSR count). The smallest absolute Gasteiger partial charge is 0.141 e. The summed E-state index contributed by atoms with van der Waals surface area (Å²) in [6.07, 6.45) is 3.07. The third kappa shape index (κ3) is 2.74. The molecule has 2 aromatic rings. The maximum Gasteiger partial charge on any atom is 0.141 e. The van der Waals surface area contributed by atoms with E-state index in [1.807, 2.05) is 31.2 Å². The topological polar surface area (TPSA) is 33.1 Å². The molecule has 0 radical (unpaired) electrons. The summed E-state index contributed by atoms with van der Waals surface area (Å²) in [5, 5.41) is 10.5. The van der Waals surface area contributed by atoms with E-state index in [-0.39, 0.29) is 0 Å². The van der Waals surface area contributed by atoms with E-state index in [0.29, 0.717) is 12.0 Å². The van der Waals surface area contributed by atoms with Crippen LogP contribution in [0.15, 0.2) is 42.7 Å². The fourth-order valence-electron chi connectivity index (χ4n) is 1.99. The molecule has 1 unspecified atom stereocenters. The lowest BCUT2D eigenvalue weighted by molar-refractivity contribution is 0.0567. The van der Waals surface area contributed by atoms with Crippen LogP contribution >= 0.6 is 0 Å². The minimum absolute atomic E-state index is 0.433. The van der Waals surface area contributed by atoms with Gasteiger partial charge in [0.25, 0.3) is 0 Å². The zero-order valence-electron chi connectivity index (χ0n) is 10.5. The molecule has 0 bridgehead atoms. The van der Waals surface area contributed by atoms with Gasteiger partial charge in [0, 0.05) is 18.2 Å². The molecule has 0 saturated carbocycles. The number of rotatable bonds is 3. The third-order valence-electron chi connectivity index (χ3n) is 3.12. The van der Waals surface area contributed by atoms with Crippen LogP contribution in [0.3, 0.4) is 0 Å². The summed E-state index contributed by atoms with van der Waals surface area (Å²) in [4.78, 5) is 3.78. The molecule has 0 amide bonds. The summed E-state index contributed by atoms with van der Waals surface area (Å²) in [5.74, 6) is -0.433. The van der Waals surface area contributed by atoms with Crippen LogP contribution in [0.2, 0.25) is 0 Å². The molecule has 1 atom stereocenters. The second-order valence-electron chi connectivity index (χ2n) is 4.77. The van der Waals surface area contributed by atoms with Crippen LogP contribution in [0.5, 0.6) is 0 Å². The highest BCUT2D eigenvalue weighted by Gasteiger charge is 2.25. The molecule has 94 valence electrons. The van der Waals surface area contributed by atoms with E-state index >= 15 is 0 Å². The Morgan fingerprint density at radius 1 is 1.28 bits per heavy atom. The van der Waals surface area contributed by atoms with E-state index in [1.165, 1.54) is 12.3 Å². The lowest BCUT2D eigenvalue weighted by atomic mass is 9.88. The Bertz CT molecular complexity index is 552. The van der Waals surface area contributed by atoms with Gasteiger partial charge in [-0.05, 0) is 31.0 Å². The molecular weight excluding hydrogens is 229 g/mol. The first kappa shape index (κ1) is 12.7. The van der Waals surface area contributed by atoms with Gasteiger partial charge in [-0.25, -0.2) is 4.39 Å². The second kappa shape index (κ2) is 4.86. The Morgan fingerprint density at radius 2 is 2.00 bits per heavy atom. The van der Waals surface area contributed by atoms with Crippen molar-refractivity contribution in [2.45, 2.75) is 25.9 Å². The van der Waals surface area contributed by atoms with E-state index in [1.54, 1.807) is 6.92 Å². The summed E-state index contributed by atoms with van der Waals surface area (Å²) in [7, 11) is 0. The molecule has 1 heterocycles. The number of aliphatic hydroxyl groups is 1. The van der Waals surface area contributed by atoms with Crippen molar-refractivity contribution in [2.24, 2.45) is 0 Å². The predicted molar refractivity (Wildman–Crippen MR) is 68.6 cm³/mol. The Labute approximate surface area is 106 Å². The van der Waals surface area contributed by atoms with Crippen molar-refractivity contribution in [2.75, 3.05) is 0 Å². The zero-order valence-corrected chi connectivity index (χ0v) is 10.5. The van der Waals surface area contributed by atoms with E-state index in [9.17, 15) is 9.50 Å². The summed E-state index contributed by atoms with van der Waals surface area (Å²) >= 11 is 0. The normalized spacial score (nSPS) is 14.2. The highest BCUT2D eigenvalue weighted by Crippen LogP contribution is 2.26. The van der Waals surface area contributed by atoms with Crippen molar-refractivity contribution >= 4 is 0 Å².